The van der Waals surface area contributed by atoms with Crippen molar-refractivity contribution in [3.63, 3.8) is 0 Å². The standard InChI is InChI=1S/C9H17N3O3/c1-7(2)4-12(8(3)10)9(14)11-5-15-6-13/h6-7,10H,4-5H2,1-3H3,(H,11,14). The summed E-state index contributed by atoms with van der Waals surface area (Å²) < 4.78 is 4.33. The van der Waals surface area contributed by atoms with Gasteiger partial charge in [-0.3, -0.25) is 15.1 Å². The van der Waals surface area contributed by atoms with Gasteiger partial charge in [0, 0.05) is 6.54 Å². The first kappa shape index (κ1) is 13.4. The van der Waals surface area contributed by atoms with Gasteiger partial charge in [0.25, 0.3) is 6.47 Å². The van der Waals surface area contributed by atoms with E-state index in [1.54, 1.807) is 0 Å². The second kappa shape index (κ2) is 6.80. The fourth-order valence-electron chi connectivity index (χ4n) is 0.970. The largest absolute Gasteiger partial charge is 0.447 e. The molecule has 86 valence electrons. The van der Waals surface area contributed by atoms with Crippen molar-refractivity contribution in [2.24, 2.45) is 5.92 Å². The summed E-state index contributed by atoms with van der Waals surface area (Å²) in [6.45, 7) is 5.97. The van der Waals surface area contributed by atoms with Gasteiger partial charge in [-0.1, -0.05) is 13.8 Å². The van der Waals surface area contributed by atoms with E-state index in [1.165, 1.54) is 11.8 Å². The van der Waals surface area contributed by atoms with Gasteiger partial charge in [0.05, 0.1) is 0 Å². The molecule has 15 heavy (non-hydrogen) atoms. The van der Waals surface area contributed by atoms with E-state index in [0.717, 1.165) is 0 Å². The second-order valence-electron chi connectivity index (χ2n) is 3.48. The number of hydrogen-bond acceptors (Lipinski definition) is 4. The molecule has 6 nitrogen and oxygen atoms in total. The summed E-state index contributed by atoms with van der Waals surface area (Å²) in [5.74, 6) is 0.426. The van der Waals surface area contributed by atoms with Gasteiger partial charge in [-0.25, -0.2) is 4.79 Å². The third kappa shape index (κ3) is 5.66. The van der Waals surface area contributed by atoms with Crippen molar-refractivity contribution in [3.05, 3.63) is 0 Å². The SMILES string of the molecule is CC(=N)N(CC(C)C)C(=O)NCOC=O. The van der Waals surface area contributed by atoms with Crippen molar-refractivity contribution < 1.29 is 14.3 Å². The van der Waals surface area contributed by atoms with Gasteiger partial charge in [-0.05, 0) is 12.8 Å². The molecule has 0 aliphatic carbocycles. The van der Waals surface area contributed by atoms with Gasteiger partial charge in [-0.15, -0.1) is 0 Å². The topological polar surface area (TPSA) is 82.5 Å². The molecule has 0 saturated carbocycles. The zero-order chi connectivity index (χ0) is 11.8. The summed E-state index contributed by atoms with van der Waals surface area (Å²) in [6.07, 6.45) is 0. The number of carbonyl (C=O) groups is 2. The van der Waals surface area contributed by atoms with E-state index < -0.39 is 6.03 Å². The lowest BCUT2D eigenvalue weighted by atomic mass is 10.2. The Labute approximate surface area is 89.1 Å². The zero-order valence-electron chi connectivity index (χ0n) is 9.24. The molecule has 0 aliphatic heterocycles. The molecular weight excluding hydrogens is 198 g/mol. The highest BCUT2D eigenvalue weighted by atomic mass is 16.5. The number of rotatable bonds is 5. The molecule has 2 amide bonds. The van der Waals surface area contributed by atoms with Crippen molar-refractivity contribution >= 4 is 18.3 Å². The van der Waals surface area contributed by atoms with Crippen LogP contribution in [0.3, 0.4) is 0 Å². The van der Waals surface area contributed by atoms with E-state index >= 15 is 0 Å². The normalized spacial score (nSPS) is 9.60. The number of carbonyl (C=O) groups excluding carboxylic acids is 2. The highest BCUT2D eigenvalue weighted by Gasteiger charge is 2.15. The maximum absolute atomic E-state index is 11.5. The van der Waals surface area contributed by atoms with Crippen molar-refractivity contribution in [2.45, 2.75) is 20.8 Å². The number of urea groups is 1. The van der Waals surface area contributed by atoms with Crippen LogP contribution >= 0.6 is 0 Å². The molecule has 0 heterocycles. The molecule has 0 aromatic carbocycles. The van der Waals surface area contributed by atoms with E-state index in [9.17, 15) is 9.59 Å². The lowest BCUT2D eigenvalue weighted by molar-refractivity contribution is -0.129. The fourth-order valence-corrected chi connectivity index (χ4v) is 0.970. The summed E-state index contributed by atoms with van der Waals surface area (Å²) >= 11 is 0. The van der Waals surface area contributed by atoms with Crippen LogP contribution in [0.1, 0.15) is 20.8 Å². The van der Waals surface area contributed by atoms with Crippen molar-refractivity contribution in [2.75, 3.05) is 13.3 Å². The molecule has 0 bridgehead atoms. The van der Waals surface area contributed by atoms with Crippen LogP contribution in [-0.4, -0.2) is 36.5 Å². The predicted molar refractivity (Wildman–Crippen MR) is 55.5 cm³/mol. The molecule has 0 atom stereocenters. The highest BCUT2D eigenvalue weighted by Crippen LogP contribution is 1.99. The number of amidine groups is 1. The smallest absolute Gasteiger partial charge is 0.325 e. The number of amides is 2. The first-order valence-corrected chi connectivity index (χ1v) is 4.64. The van der Waals surface area contributed by atoms with Crippen LogP contribution in [0, 0.1) is 11.3 Å². The molecule has 0 saturated heterocycles. The highest BCUT2D eigenvalue weighted by molar-refractivity contribution is 5.94. The summed E-state index contributed by atoms with van der Waals surface area (Å²) in [5, 5.41) is 9.77. The Morgan fingerprint density at radius 2 is 2.20 bits per heavy atom. The molecular formula is C9H17N3O3. The van der Waals surface area contributed by atoms with Gasteiger partial charge in [0.1, 0.15) is 5.84 Å². The second-order valence-corrected chi connectivity index (χ2v) is 3.48. The van der Waals surface area contributed by atoms with E-state index in [-0.39, 0.29) is 25.0 Å². The Morgan fingerprint density at radius 3 is 2.60 bits per heavy atom. The van der Waals surface area contributed by atoms with E-state index in [0.29, 0.717) is 6.54 Å². The van der Waals surface area contributed by atoms with Gasteiger partial charge in [0.2, 0.25) is 0 Å². The average Bonchev–Trinajstić information content (AvgIpc) is 2.13. The monoisotopic (exact) mass is 215 g/mol. The molecule has 0 unspecified atom stereocenters. The Balaban J connectivity index is 4.17. The summed E-state index contributed by atoms with van der Waals surface area (Å²) in [6, 6.07) is -0.432. The minimum absolute atomic E-state index is 0.160. The summed E-state index contributed by atoms with van der Waals surface area (Å²) in [7, 11) is 0. The first-order valence-electron chi connectivity index (χ1n) is 4.64. The van der Waals surface area contributed by atoms with Crippen LogP contribution in [0.4, 0.5) is 4.79 Å². The zero-order valence-corrected chi connectivity index (χ0v) is 9.24. The molecule has 0 fully saturated rings. The van der Waals surface area contributed by atoms with Crippen LogP contribution in [-0.2, 0) is 9.53 Å². The third-order valence-corrected chi connectivity index (χ3v) is 1.57. The first-order chi connectivity index (χ1) is 6.99. The van der Waals surface area contributed by atoms with Crippen LogP contribution in [0.25, 0.3) is 0 Å². The minimum atomic E-state index is -0.432. The van der Waals surface area contributed by atoms with Crippen LogP contribution in [0.5, 0.6) is 0 Å². The maximum atomic E-state index is 11.5. The van der Waals surface area contributed by atoms with E-state index in [4.69, 9.17) is 5.41 Å². The van der Waals surface area contributed by atoms with Gasteiger partial charge >= 0.3 is 6.03 Å². The Kier molecular flexibility index (Phi) is 6.08. The molecule has 0 aromatic heterocycles. The predicted octanol–water partition coefficient (Wildman–Crippen LogP) is 0.782. The quantitative estimate of drug-likeness (QED) is 0.234. The van der Waals surface area contributed by atoms with Crippen molar-refractivity contribution in [1.29, 1.82) is 5.41 Å². The molecule has 6 heteroatoms. The molecule has 0 spiro atoms. The molecule has 2 N–H and O–H groups in total. The average molecular weight is 215 g/mol. The van der Waals surface area contributed by atoms with E-state index in [2.05, 4.69) is 10.1 Å². The van der Waals surface area contributed by atoms with Crippen LogP contribution in [0.15, 0.2) is 0 Å². The Morgan fingerprint density at radius 1 is 1.60 bits per heavy atom. The van der Waals surface area contributed by atoms with E-state index in [1.807, 2.05) is 13.8 Å². The summed E-state index contributed by atoms with van der Waals surface area (Å²) in [5.41, 5.74) is 0. The van der Waals surface area contributed by atoms with Crippen molar-refractivity contribution in [1.82, 2.24) is 10.2 Å². The molecule has 0 aromatic rings. The molecule has 0 radical (unpaired) electrons. The number of nitrogens with one attached hydrogen (secondary N) is 2. The third-order valence-electron chi connectivity index (χ3n) is 1.57. The number of nitrogens with zero attached hydrogens (tertiary/aromatic N) is 1. The van der Waals surface area contributed by atoms with Gasteiger partial charge in [0.15, 0.2) is 6.73 Å². The van der Waals surface area contributed by atoms with Crippen LogP contribution < -0.4 is 5.32 Å². The minimum Gasteiger partial charge on any atom is -0.447 e. The maximum Gasteiger partial charge on any atom is 0.325 e. The molecule has 0 aliphatic rings. The molecule has 0 rings (SSSR count). The number of ether oxygens (including phenoxy) is 1. The van der Waals surface area contributed by atoms with Gasteiger partial charge in [-0.2, -0.15) is 0 Å². The van der Waals surface area contributed by atoms with Crippen molar-refractivity contribution in [3.8, 4) is 0 Å². The Hall–Kier alpha value is -1.59. The number of hydrogen-bond donors (Lipinski definition) is 2. The Bertz CT molecular complexity index is 241. The fraction of sp³-hybridized carbons (Fsp3) is 0.667. The summed E-state index contributed by atoms with van der Waals surface area (Å²) in [4.78, 5) is 22.6. The van der Waals surface area contributed by atoms with Gasteiger partial charge < -0.3 is 10.1 Å². The van der Waals surface area contributed by atoms with Crippen LogP contribution in [0.2, 0.25) is 0 Å². The lowest BCUT2D eigenvalue weighted by Gasteiger charge is -2.23. The lowest BCUT2D eigenvalue weighted by Crippen LogP contribution is -2.44.